The molecule has 2 N–H and O–H groups in total. The Kier molecular flexibility index (Phi) is 6.26. The molecule has 2 aromatic heterocycles. The number of nitrogens with one attached hydrogen (secondary N) is 2. The number of para-hydroxylation sites is 2. The van der Waals surface area contributed by atoms with Gasteiger partial charge in [-0.25, -0.2) is 0 Å². The van der Waals surface area contributed by atoms with E-state index in [4.69, 9.17) is 4.74 Å². The van der Waals surface area contributed by atoms with Crippen LogP contribution >= 0.6 is 0 Å². The van der Waals surface area contributed by atoms with Crippen molar-refractivity contribution in [2.45, 2.75) is 19.8 Å². The van der Waals surface area contributed by atoms with Crippen LogP contribution in [-0.4, -0.2) is 51.6 Å². The summed E-state index contributed by atoms with van der Waals surface area (Å²) in [5.41, 5.74) is 2.63. The van der Waals surface area contributed by atoms with Crippen molar-refractivity contribution in [1.29, 1.82) is 0 Å². The van der Waals surface area contributed by atoms with Crippen molar-refractivity contribution in [3.63, 3.8) is 0 Å². The fourth-order valence-corrected chi connectivity index (χ4v) is 3.73. The Hall–Kier alpha value is -3.68. The largest absolute Gasteiger partial charge is 0.492 e. The average Bonchev–Trinajstić information content (AvgIpc) is 3.31. The van der Waals surface area contributed by atoms with Gasteiger partial charge in [0.05, 0.1) is 23.9 Å². The monoisotopic (exact) mass is 419 g/mol. The third-order valence-electron chi connectivity index (χ3n) is 5.31. The highest BCUT2D eigenvalue weighted by Gasteiger charge is 2.30. The smallest absolute Gasteiger partial charge is 0.271 e. The van der Waals surface area contributed by atoms with Crippen LogP contribution in [0, 0.1) is 5.92 Å². The molecule has 0 spiro atoms. The molecule has 1 aromatic carbocycles. The highest BCUT2D eigenvalue weighted by Crippen LogP contribution is 2.26. The molecule has 0 unspecified atom stereocenters. The molecular formula is C23H25N5O3. The summed E-state index contributed by atoms with van der Waals surface area (Å²) in [5.74, 6) is 0.102. The highest BCUT2D eigenvalue weighted by atomic mass is 16.5. The normalized spacial score (nSPS) is 16.0. The molecule has 1 fully saturated rings. The fourth-order valence-electron chi connectivity index (χ4n) is 3.73. The van der Waals surface area contributed by atoms with Gasteiger partial charge in [-0.3, -0.25) is 19.7 Å². The van der Waals surface area contributed by atoms with E-state index >= 15 is 0 Å². The Morgan fingerprint density at radius 2 is 2.03 bits per heavy atom. The van der Waals surface area contributed by atoms with Crippen LogP contribution in [-0.2, 0) is 4.79 Å². The number of piperidine rings is 1. The Labute approximate surface area is 180 Å². The van der Waals surface area contributed by atoms with Crippen molar-refractivity contribution >= 4 is 17.5 Å². The van der Waals surface area contributed by atoms with Gasteiger partial charge in [-0.2, -0.15) is 5.10 Å². The fraction of sp³-hybridized carbons (Fsp3) is 0.304. The summed E-state index contributed by atoms with van der Waals surface area (Å²) in [6, 6.07) is 12.8. The first-order chi connectivity index (χ1) is 15.2. The number of amides is 2. The summed E-state index contributed by atoms with van der Waals surface area (Å²) in [6.45, 7) is 3.40. The average molecular weight is 419 g/mol. The summed E-state index contributed by atoms with van der Waals surface area (Å²) >= 11 is 0. The molecule has 3 heterocycles. The molecule has 0 bridgehead atoms. The molecule has 160 valence electrons. The van der Waals surface area contributed by atoms with E-state index in [2.05, 4.69) is 20.5 Å². The van der Waals surface area contributed by atoms with E-state index in [9.17, 15) is 9.59 Å². The van der Waals surface area contributed by atoms with Gasteiger partial charge >= 0.3 is 0 Å². The van der Waals surface area contributed by atoms with Crippen molar-refractivity contribution in [2.75, 3.05) is 25.0 Å². The number of aromatic nitrogens is 3. The molecule has 0 radical (unpaired) electrons. The summed E-state index contributed by atoms with van der Waals surface area (Å²) in [7, 11) is 0. The van der Waals surface area contributed by atoms with Crippen LogP contribution in [0.1, 0.15) is 30.3 Å². The maximum absolute atomic E-state index is 13.0. The summed E-state index contributed by atoms with van der Waals surface area (Å²) < 4.78 is 5.59. The van der Waals surface area contributed by atoms with Gasteiger partial charge in [-0.05, 0) is 50.1 Å². The van der Waals surface area contributed by atoms with Crippen LogP contribution in [0.5, 0.6) is 5.75 Å². The second-order valence-corrected chi connectivity index (χ2v) is 7.41. The lowest BCUT2D eigenvalue weighted by Crippen LogP contribution is -2.43. The molecule has 2 amide bonds. The number of anilines is 1. The molecule has 1 aliphatic heterocycles. The molecular weight excluding hydrogens is 394 g/mol. The Morgan fingerprint density at radius 3 is 2.84 bits per heavy atom. The lowest BCUT2D eigenvalue weighted by molar-refractivity contribution is -0.121. The van der Waals surface area contributed by atoms with Crippen molar-refractivity contribution in [3.05, 3.63) is 60.6 Å². The first kappa shape index (κ1) is 20.6. The first-order valence-corrected chi connectivity index (χ1v) is 10.4. The first-order valence-electron chi connectivity index (χ1n) is 10.4. The zero-order valence-electron chi connectivity index (χ0n) is 17.4. The predicted octanol–water partition coefficient (Wildman–Crippen LogP) is 3.36. The van der Waals surface area contributed by atoms with E-state index in [1.165, 1.54) is 0 Å². The molecule has 8 heteroatoms. The van der Waals surface area contributed by atoms with E-state index in [0.29, 0.717) is 42.5 Å². The molecule has 3 aromatic rings. The SMILES string of the molecule is CCOc1ccccc1NC(=O)[C@H]1CCCN(C(=O)c2cc(-c3ccncc3)n[nH]2)C1. The van der Waals surface area contributed by atoms with Crippen molar-refractivity contribution in [2.24, 2.45) is 5.92 Å². The maximum Gasteiger partial charge on any atom is 0.271 e. The van der Waals surface area contributed by atoms with Gasteiger partial charge in [0.1, 0.15) is 11.4 Å². The Morgan fingerprint density at radius 1 is 1.23 bits per heavy atom. The number of hydrogen-bond donors (Lipinski definition) is 2. The Balaban J connectivity index is 1.42. The van der Waals surface area contributed by atoms with Crippen molar-refractivity contribution in [1.82, 2.24) is 20.1 Å². The molecule has 1 atom stereocenters. The van der Waals surface area contributed by atoms with Gasteiger partial charge in [-0.15, -0.1) is 0 Å². The molecule has 4 rings (SSSR count). The molecule has 8 nitrogen and oxygen atoms in total. The maximum atomic E-state index is 13.0. The number of nitrogens with zero attached hydrogens (tertiary/aromatic N) is 3. The standard InChI is InChI=1S/C23H25N5O3/c1-2-31-21-8-4-3-7-18(21)25-22(29)17-6-5-13-28(15-17)23(30)20-14-19(26-27-20)16-9-11-24-12-10-16/h3-4,7-12,14,17H,2,5-6,13,15H2,1H3,(H,25,29)(H,26,27)/t17-/m0/s1. The number of ether oxygens (including phenoxy) is 1. The molecule has 0 saturated carbocycles. The third-order valence-corrected chi connectivity index (χ3v) is 5.31. The van der Waals surface area contributed by atoms with Gasteiger partial charge < -0.3 is 15.0 Å². The minimum atomic E-state index is -0.282. The number of H-pyrrole nitrogens is 1. The van der Waals surface area contributed by atoms with E-state index in [1.54, 1.807) is 23.4 Å². The lowest BCUT2D eigenvalue weighted by atomic mass is 9.96. The van der Waals surface area contributed by atoms with Crippen LogP contribution in [0.25, 0.3) is 11.3 Å². The number of rotatable bonds is 6. The zero-order valence-corrected chi connectivity index (χ0v) is 17.4. The van der Waals surface area contributed by atoms with E-state index in [0.717, 1.165) is 18.4 Å². The number of benzene rings is 1. The van der Waals surface area contributed by atoms with Gasteiger partial charge in [0.25, 0.3) is 5.91 Å². The molecule has 1 saturated heterocycles. The topological polar surface area (TPSA) is 100 Å². The molecule has 1 aliphatic rings. The second-order valence-electron chi connectivity index (χ2n) is 7.41. The van der Waals surface area contributed by atoms with Crippen molar-refractivity contribution in [3.8, 4) is 17.0 Å². The van der Waals surface area contributed by atoms with Crippen LogP contribution < -0.4 is 10.1 Å². The minimum Gasteiger partial charge on any atom is -0.492 e. The summed E-state index contributed by atoms with van der Waals surface area (Å²) in [5, 5.41) is 10.0. The third kappa shape index (κ3) is 4.74. The van der Waals surface area contributed by atoms with E-state index in [1.807, 2.05) is 43.3 Å². The summed E-state index contributed by atoms with van der Waals surface area (Å²) in [4.78, 5) is 31.6. The molecule has 0 aliphatic carbocycles. The van der Waals surface area contributed by atoms with Crippen LogP contribution in [0.2, 0.25) is 0 Å². The van der Waals surface area contributed by atoms with Gasteiger partial charge in [0.15, 0.2) is 0 Å². The minimum absolute atomic E-state index is 0.105. The van der Waals surface area contributed by atoms with Crippen LogP contribution in [0.3, 0.4) is 0 Å². The number of carbonyl (C=O) groups is 2. The highest BCUT2D eigenvalue weighted by molar-refractivity contribution is 5.96. The molecule has 31 heavy (non-hydrogen) atoms. The lowest BCUT2D eigenvalue weighted by Gasteiger charge is -2.31. The van der Waals surface area contributed by atoms with Gasteiger partial charge in [-0.1, -0.05) is 12.1 Å². The van der Waals surface area contributed by atoms with Crippen molar-refractivity contribution < 1.29 is 14.3 Å². The Bertz CT molecular complexity index is 1050. The number of likely N-dealkylation sites (tertiary alicyclic amines) is 1. The van der Waals surface area contributed by atoms with E-state index in [-0.39, 0.29) is 17.7 Å². The van der Waals surface area contributed by atoms with Crippen LogP contribution in [0.15, 0.2) is 54.9 Å². The van der Waals surface area contributed by atoms with Gasteiger partial charge in [0, 0.05) is 31.0 Å². The number of aromatic amines is 1. The number of carbonyl (C=O) groups excluding carboxylic acids is 2. The van der Waals surface area contributed by atoms with E-state index < -0.39 is 0 Å². The number of pyridine rings is 1. The number of hydrogen-bond acceptors (Lipinski definition) is 5. The zero-order chi connectivity index (χ0) is 21.6. The quantitative estimate of drug-likeness (QED) is 0.638. The van der Waals surface area contributed by atoms with Gasteiger partial charge in [0.2, 0.25) is 5.91 Å². The second kappa shape index (κ2) is 9.42. The predicted molar refractivity (Wildman–Crippen MR) is 117 cm³/mol. The summed E-state index contributed by atoms with van der Waals surface area (Å²) in [6.07, 6.45) is 4.87. The van der Waals surface area contributed by atoms with Crippen LogP contribution in [0.4, 0.5) is 5.69 Å².